The number of nitrogens with one attached hydrogen (secondary N) is 1. The Balaban J connectivity index is 1.75. The Morgan fingerprint density at radius 1 is 1.00 bits per heavy atom. The Labute approximate surface area is 130 Å². The number of rotatable bonds is 3. The van der Waals surface area contributed by atoms with E-state index in [-0.39, 0.29) is 5.91 Å². The molecular weight excluding hydrogens is 278 g/mol. The molecule has 0 saturated heterocycles. The second kappa shape index (κ2) is 6.35. The van der Waals surface area contributed by atoms with Crippen LogP contribution in [0, 0.1) is 0 Å². The van der Waals surface area contributed by atoms with Gasteiger partial charge in [-0.25, -0.2) is 0 Å². The highest BCUT2D eigenvalue weighted by molar-refractivity contribution is 7.98. The Bertz CT molecular complexity index is 649. The summed E-state index contributed by atoms with van der Waals surface area (Å²) < 4.78 is 0. The number of hydrogen-bond donors (Lipinski definition) is 1. The molecule has 2 nitrogen and oxygen atoms in total. The first-order chi connectivity index (χ1) is 10.3. The van der Waals surface area contributed by atoms with Gasteiger partial charge in [0.1, 0.15) is 0 Å². The lowest BCUT2D eigenvalue weighted by atomic mass is 9.90. The molecule has 2 aromatic rings. The van der Waals surface area contributed by atoms with Crippen LogP contribution >= 0.6 is 11.8 Å². The first-order valence-electron chi connectivity index (χ1n) is 7.33. The van der Waals surface area contributed by atoms with E-state index in [0.717, 1.165) is 24.1 Å². The van der Waals surface area contributed by atoms with Crippen LogP contribution in [-0.4, -0.2) is 12.2 Å². The quantitative estimate of drug-likeness (QED) is 0.843. The molecule has 0 heterocycles. The SMILES string of the molecule is CSc1ccc(NC(=O)c2ccc3c(c2)CCCC3)cc1. The van der Waals surface area contributed by atoms with Crippen LogP contribution in [0.4, 0.5) is 5.69 Å². The third-order valence-electron chi connectivity index (χ3n) is 3.96. The smallest absolute Gasteiger partial charge is 0.255 e. The summed E-state index contributed by atoms with van der Waals surface area (Å²) in [5.41, 5.74) is 4.34. The van der Waals surface area contributed by atoms with Crippen LogP contribution in [0.15, 0.2) is 47.4 Å². The third-order valence-corrected chi connectivity index (χ3v) is 4.70. The molecule has 0 fully saturated rings. The minimum absolute atomic E-state index is 0.0275. The van der Waals surface area contributed by atoms with Gasteiger partial charge in [-0.2, -0.15) is 0 Å². The largest absolute Gasteiger partial charge is 0.322 e. The van der Waals surface area contributed by atoms with Crippen molar-refractivity contribution in [1.29, 1.82) is 0 Å². The number of fused-ring (bicyclic) bond motifs is 1. The van der Waals surface area contributed by atoms with Gasteiger partial charge in [0.05, 0.1) is 0 Å². The molecule has 3 heteroatoms. The second-order valence-corrected chi connectivity index (χ2v) is 6.25. The summed E-state index contributed by atoms with van der Waals surface area (Å²) in [6.07, 6.45) is 6.78. The number of carbonyl (C=O) groups excluding carboxylic acids is 1. The van der Waals surface area contributed by atoms with Gasteiger partial charge in [0.2, 0.25) is 0 Å². The van der Waals surface area contributed by atoms with Crippen molar-refractivity contribution in [3.05, 3.63) is 59.2 Å². The number of benzene rings is 2. The molecule has 0 radical (unpaired) electrons. The predicted molar refractivity (Wildman–Crippen MR) is 89.3 cm³/mol. The van der Waals surface area contributed by atoms with Crippen molar-refractivity contribution in [3.8, 4) is 0 Å². The molecule has 0 saturated carbocycles. The summed E-state index contributed by atoms with van der Waals surface area (Å²) in [6, 6.07) is 14.0. The molecule has 0 aliphatic heterocycles. The van der Waals surface area contributed by atoms with E-state index in [1.807, 2.05) is 36.6 Å². The highest BCUT2D eigenvalue weighted by Gasteiger charge is 2.13. The van der Waals surface area contributed by atoms with E-state index in [1.54, 1.807) is 11.8 Å². The van der Waals surface area contributed by atoms with E-state index >= 15 is 0 Å². The maximum Gasteiger partial charge on any atom is 0.255 e. The topological polar surface area (TPSA) is 29.1 Å². The number of carbonyl (C=O) groups is 1. The van der Waals surface area contributed by atoms with Gasteiger partial charge < -0.3 is 5.32 Å². The lowest BCUT2D eigenvalue weighted by molar-refractivity contribution is 0.102. The molecule has 1 amide bonds. The first kappa shape index (κ1) is 14.2. The van der Waals surface area contributed by atoms with Crippen molar-refractivity contribution in [2.45, 2.75) is 30.6 Å². The summed E-state index contributed by atoms with van der Waals surface area (Å²) in [5.74, 6) is -0.0275. The fourth-order valence-corrected chi connectivity index (χ4v) is 3.16. The van der Waals surface area contributed by atoms with Crippen LogP contribution in [0.3, 0.4) is 0 Å². The van der Waals surface area contributed by atoms with Crippen molar-refractivity contribution < 1.29 is 4.79 Å². The molecule has 0 atom stereocenters. The molecular formula is C18H19NOS. The maximum atomic E-state index is 12.3. The molecule has 1 N–H and O–H groups in total. The Kier molecular flexibility index (Phi) is 4.30. The number of hydrogen-bond acceptors (Lipinski definition) is 2. The first-order valence-corrected chi connectivity index (χ1v) is 8.56. The van der Waals surface area contributed by atoms with E-state index in [4.69, 9.17) is 0 Å². The number of amides is 1. The van der Waals surface area contributed by atoms with Crippen LogP contribution in [0.1, 0.15) is 34.3 Å². The highest BCUT2D eigenvalue weighted by Crippen LogP contribution is 2.23. The average Bonchev–Trinajstić information content (AvgIpc) is 2.55. The van der Waals surface area contributed by atoms with Crippen LogP contribution < -0.4 is 5.32 Å². The third kappa shape index (κ3) is 3.30. The zero-order valence-electron chi connectivity index (χ0n) is 12.2. The summed E-state index contributed by atoms with van der Waals surface area (Å²) >= 11 is 1.70. The molecule has 2 aromatic carbocycles. The van der Waals surface area contributed by atoms with Crippen molar-refractivity contribution in [1.82, 2.24) is 0 Å². The molecule has 1 aliphatic rings. The van der Waals surface area contributed by atoms with Crippen molar-refractivity contribution in [2.75, 3.05) is 11.6 Å². The Morgan fingerprint density at radius 3 is 2.43 bits per heavy atom. The normalized spacial score (nSPS) is 13.6. The fraction of sp³-hybridized carbons (Fsp3) is 0.278. The standard InChI is InChI=1S/C18H19NOS/c1-21-17-10-8-16(9-11-17)19-18(20)15-7-6-13-4-2-3-5-14(13)12-15/h6-12H,2-5H2,1H3,(H,19,20). The van der Waals surface area contributed by atoms with Crippen LogP contribution in [0.2, 0.25) is 0 Å². The zero-order valence-corrected chi connectivity index (χ0v) is 13.0. The molecule has 0 aromatic heterocycles. The van der Waals surface area contributed by atoms with Gasteiger partial charge in [-0.15, -0.1) is 11.8 Å². The molecule has 3 rings (SSSR count). The second-order valence-electron chi connectivity index (χ2n) is 5.37. The summed E-state index contributed by atoms with van der Waals surface area (Å²) in [6.45, 7) is 0. The highest BCUT2D eigenvalue weighted by atomic mass is 32.2. The Hall–Kier alpha value is -1.74. The van der Waals surface area contributed by atoms with Gasteiger partial charge in [0.15, 0.2) is 0 Å². The van der Waals surface area contributed by atoms with E-state index < -0.39 is 0 Å². The van der Waals surface area contributed by atoms with Crippen molar-refractivity contribution in [3.63, 3.8) is 0 Å². The van der Waals surface area contributed by atoms with Crippen LogP contribution in [-0.2, 0) is 12.8 Å². The molecule has 21 heavy (non-hydrogen) atoms. The minimum Gasteiger partial charge on any atom is -0.322 e. The molecule has 0 bridgehead atoms. The van der Waals surface area contributed by atoms with E-state index in [2.05, 4.69) is 17.4 Å². The van der Waals surface area contributed by atoms with Crippen LogP contribution in [0.25, 0.3) is 0 Å². The molecule has 1 aliphatic carbocycles. The molecule has 108 valence electrons. The van der Waals surface area contributed by atoms with E-state index in [0.29, 0.717) is 0 Å². The lowest BCUT2D eigenvalue weighted by Gasteiger charge is -2.16. The van der Waals surface area contributed by atoms with Crippen molar-refractivity contribution >= 4 is 23.4 Å². The summed E-state index contributed by atoms with van der Waals surface area (Å²) in [7, 11) is 0. The maximum absolute atomic E-state index is 12.3. The minimum atomic E-state index is -0.0275. The Morgan fingerprint density at radius 2 is 1.71 bits per heavy atom. The monoisotopic (exact) mass is 297 g/mol. The van der Waals surface area contributed by atoms with Gasteiger partial charge in [-0.05, 0) is 79.5 Å². The predicted octanol–water partition coefficient (Wildman–Crippen LogP) is 4.54. The number of thioether (sulfide) groups is 1. The van der Waals surface area contributed by atoms with Gasteiger partial charge in [0, 0.05) is 16.1 Å². The summed E-state index contributed by atoms with van der Waals surface area (Å²) in [5, 5.41) is 2.97. The molecule has 0 unspecified atom stereocenters. The van der Waals surface area contributed by atoms with E-state index in [1.165, 1.54) is 28.9 Å². The average molecular weight is 297 g/mol. The lowest BCUT2D eigenvalue weighted by Crippen LogP contribution is -2.13. The molecule has 0 spiro atoms. The van der Waals surface area contributed by atoms with Gasteiger partial charge in [-0.3, -0.25) is 4.79 Å². The number of anilines is 1. The van der Waals surface area contributed by atoms with Gasteiger partial charge in [0.25, 0.3) is 5.91 Å². The van der Waals surface area contributed by atoms with E-state index in [9.17, 15) is 4.79 Å². The van der Waals surface area contributed by atoms with Gasteiger partial charge in [-0.1, -0.05) is 6.07 Å². The van der Waals surface area contributed by atoms with Crippen molar-refractivity contribution in [2.24, 2.45) is 0 Å². The number of aryl methyl sites for hydroxylation is 2. The fourth-order valence-electron chi connectivity index (χ4n) is 2.75. The van der Waals surface area contributed by atoms with Gasteiger partial charge >= 0.3 is 0 Å². The summed E-state index contributed by atoms with van der Waals surface area (Å²) in [4.78, 5) is 13.5. The zero-order chi connectivity index (χ0) is 14.7. The van der Waals surface area contributed by atoms with Crippen LogP contribution in [0.5, 0.6) is 0 Å².